The highest BCUT2D eigenvalue weighted by Gasteiger charge is 2.41. The van der Waals surface area contributed by atoms with Crippen LogP contribution >= 0.6 is 24.0 Å². The SMILES string of the molecule is CCCOc1ccc(CNC(=NC)NC2CC3CCC2O3)cc1OC.I. The molecule has 2 fully saturated rings. The van der Waals surface area contributed by atoms with Crippen LogP contribution in [0.3, 0.4) is 0 Å². The van der Waals surface area contributed by atoms with Crippen molar-refractivity contribution >= 4 is 29.9 Å². The first-order chi connectivity index (χ1) is 12.2. The summed E-state index contributed by atoms with van der Waals surface area (Å²) in [6.45, 7) is 3.45. The zero-order valence-electron chi connectivity index (χ0n) is 15.8. The third kappa shape index (κ3) is 5.16. The molecular formula is C19H30IN3O3. The van der Waals surface area contributed by atoms with Crippen molar-refractivity contribution in [3.63, 3.8) is 0 Å². The van der Waals surface area contributed by atoms with Crippen molar-refractivity contribution in [1.82, 2.24) is 10.6 Å². The van der Waals surface area contributed by atoms with Crippen molar-refractivity contribution in [1.29, 1.82) is 0 Å². The number of hydrogen-bond acceptors (Lipinski definition) is 4. The maximum atomic E-state index is 5.89. The molecule has 2 saturated heterocycles. The Hall–Kier alpha value is -1.22. The molecule has 0 aliphatic carbocycles. The Morgan fingerprint density at radius 2 is 2.15 bits per heavy atom. The van der Waals surface area contributed by atoms with Gasteiger partial charge in [0.2, 0.25) is 0 Å². The maximum absolute atomic E-state index is 5.89. The Morgan fingerprint density at radius 1 is 1.31 bits per heavy atom. The molecule has 2 aliphatic heterocycles. The van der Waals surface area contributed by atoms with Crippen LogP contribution in [0.1, 0.15) is 38.2 Å². The highest BCUT2D eigenvalue weighted by atomic mass is 127. The summed E-state index contributed by atoms with van der Waals surface area (Å²) in [6, 6.07) is 6.38. The fourth-order valence-corrected chi connectivity index (χ4v) is 3.50. The zero-order chi connectivity index (χ0) is 17.6. The highest BCUT2D eigenvalue weighted by Crippen LogP contribution is 2.34. The Kier molecular flexibility index (Phi) is 8.27. The van der Waals surface area contributed by atoms with E-state index in [2.05, 4.69) is 28.6 Å². The third-order valence-electron chi connectivity index (χ3n) is 4.80. The molecule has 3 unspecified atom stereocenters. The van der Waals surface area contributed by atoms with Gasteiger partial charge in [0.15, 0.2) is 17.5 Å². The minimum atomic E-state index is 0. The van der Waals surface area contributed by atoms with Crippen LogP contribution in [0.4, 0.5) is 0 Å². The average molecular weight is 475 g/mol. The first-order valence-corrected chi connectivity index (χ1v) is 9.15. The van der Waals surface area contributed by atoms with Crippen LogP contribution in [-0.2, 0) is 11.3 Å². The second-order valence-electron chi connectivity index (χ2n) is 6.62. The molecule has 0 aromatic heterocycles. The largest absolute Gasteiger partial charge is 0.493 e. The van der Waals surface area contributed by atoms with E-state index in [1.165, 1.54) is 6.42 Å². The summed E-state index contributed by atoms with van der Waals surface area (Å²) in [7, 11) is 3.46. The molecule has 2 aliphatic rings. The van der Waals surface area contributed by atoms with E-state index in [9.17, 15) is 0 Å². The monoisotopic (exact) mass is 475 g/mol. The van der Waals surface area contributed by atoms with Gasteiger partial charge in [-0.3, -0.25) is 4.99 Å². The first kappa shape index (κ1) is 21.1. The number of rotatable bonds is 7. The van der Waals surface area contributed by atoms with Gasteiger partial charge >= 0.3 is 0 Å². The van der Waals surface area contributed by atoms with Crippen LogP contribution in [0.15, 0.2) is 23.2 Å². The van der Waals surface area contributed by atoms with Crippen molar-refractivity contribution in [2.24, 2.45) is 4.99 Å². The lowest BCUT2D eigenvalue weighted by Crippen LogP contribution is -2.47. The number of ether oxygens (including phenoxy) is 3. The number of halogens is 1. The summed E-state index contributed by atoms with van der Waals surface area (Å²) in [6.07, 6.45) is 5.15. The Morgan fingerprint density at radius 3 is 2.77 bits per heavy atom. The van der Waals surface area contributed by atoms with Gasteiger partial charge in [0.25, 0.3) is 0 Å². The molecule has 2 N–H and O–H groups in total. The molecule has 26 heavy (non-hydrogen) atoms. The zero-order valence-corrected chi connectivity index (χ0v) is 18.1. The van der Waals surface area contributed by atoms with Crippen LogP contribution in [0.25, 0.3) is 0 Å². The van der Waals surface area contributed by atoms with E-state index in [1.54, 1.807) is 14.2 Å². The second-order valence-corrected chi connectivity index (χ2v) is 6.62. The standard InChI is InChI=1S/C19H29N3O3.HI/c1-4-9-24-17-7-5-13(10-18(17)23-3)12-21-19(20-2)22-15-11-14-6-8-16(15)25-14;/h5,7,10,14-16H,4,6,8-9,11-12H2,1-3H3,(H2,20,21,22);1H. The third-order valence-corrected chi connectivity index (χ3v) is 4.80. The number of benzene rings is 1. The van der Waals surface area contributed by atoms with Gasteiger partial charge in [-0.15, -0.1) is 24.0 Å². The predicted octanol–water partition coefficient (Wildman–Crippen LogP) is 3.09. The van der Waals surface area contributed by atoms with E-state index in [0.29, 0.717) is 31.4 Å². The van der Waals surface area contributed by atoms with E-state index in [1.807, 2.05) is 12.1 Å². The lowest BCUT2D eigenvalue weighted by atomic mass is 9.96. The van der Waals surface area contributed by atoms with E-state index in [-0.39, 0.29) is 24.0 Å². The van der Waals surface area contributed by atoms with E-state index in [4.69, 9.17) is 14.2 Å². The van der Waals surface area contributed by atoms with Gasteiger partial charge in [-0.2, -0.15) is 0 Å². The molecule has 2 heterocycles. The number of nitrogens with zero attached hydrogens (tertiary/aromatic N) is 1. The van der Waals surface area contributed by atoms with Crippen molar-refractivity contribution in [3.05, 3.63) is 23.8 Å². The fourth-order valence-electron chi connectivity index (χ4n) is 3.50. The Balaban J connectivity index is 0.00000243. The lowest BCUT2D eigenvalue weighted by molar-refractivity contribution is 0.0992. The summed E-state index contributed by atoms with van der Waals surface area (Å²) in [4.78, 5) is 4.33. The summed E-state index contributed by atoms with van der Waals surface area (Å²) in [5, 5.41) is 6.87. The predicted molar refractivity (Wildman–Crippen MR) is 114 cm³/mol. The van der Waals surface area contributed by atoms with Crippen LogP contribution in [0.2, 0.25) is 0 Å². The number of hydrogen-bond donors (Lipinski definition) is 2. The normalized spacial score (nSPS) is 24.1. The lowest BCUT2D eigenvalue weighted by Gasteiger charge is -2.22. The summed E-state index contributed by atoms with van der Waals surface area (Å²) < 4.78 is 17.0. The van der Waals surface area contributed by atoms with Crippen LogP contribution < -0.4 is 20.1 Å². The minimum absolute atomic E-state index is 0. The fraction of sp³-hybridized carbons (Fsp3) is 0.632. The van der Waals surface area contributed by atoms with Crippen molar-refractivity contribution in [2.45, 2.75) is 57.4 Å². The highest BCUT2D eigenvalue weighted by molar-refractivity contribution is 14.0. The van der Waals surface area contributed by atoms with E-state index >= 15 is 0 Å². The maximum Gasteiger partial charge on any atom is 0.191 e. The van der Waals surface area contributed by atoms with Crippen molar-refractivity contribution in [3.8, 4) is 11.5 Å². The summed E-state index contributed by atoms with van der Waals surface area (Å²) in [5.74, 6) is 2.36. The number of methoxy groups -OCH3 is 1. The average Bonchev–Trinajstić information content (AvgIpc) is 3.26. The minimum Gasteiger partial charge on any atom is -0.493 e. The molecule has 3 atom stereocenters. The molecule has 7 heteroatoms. The van der Waals surface area contributed by atoms with Gasteiger partial charge < -0.3 is 24.8 Å². The first-order valence-electron chi connectivity index (χ1n) is 9.15. The van der Waals surface area contributed by atoms with Gasteiger partial charge in [-0.25, -0.2) is 0 Å². The summed E-state index contributed by atoms with van der Waals surface area (Å²) in [5.41, 5.74) is 1.12. The molecule has 1 aromatic rings. The molecule has 6 nitrogen and oxygen atoms in total. The quantitative estimate of drug-likeness (QED) is 0.361. The van der Waals surface area contributed by atoms with Gasteiger partial charge in [0.05, 0.1) is 32.0 Å². The Bertz CT molecular complexity index is 612. The molecule has 1 aromatic carbocycles. The van der Waals surface area contributed by atoms with Crippen LogP contribution in [0, 0.1) is 0 Å². The molecule has 0 radical (unpaired) electrons. The molecule has 0 saturated carbocycles. The topological polar surface area (TPSA) is 64.1 Å². The summed E-state index contributed by atoms with van der Waals surface area (Å²) >= 11 is 0. The smallest absolute Gasteiger partial charge is 0.191 e. The number of aliphatic imine (C=N–C) groups is 1. The molecule has 2 bridgehead atoms. The van der Waals surface area contributed by atoms with Crippen LogP contribution in [-0.4, -0.2) is 45.0 Å². The van der Waals surface area contributed by atoms with Gasteiger partial charge in [-0.05, 0) is 43.4 Å². The molecule has 0 spiro atoms. The van der Waals surface area contributed by atoms with Gasteiger partial charge in [0.1, 0.15) is 0 Å². The van der Waals surface area contributed by atoms with Crippen molar-refractivity contribution in [2.75, 3.05) is 20.8 Å². The second kappa shape index (κ2) is 10.2. The number of fused-ring (bicyclic) bond motifs is 2. The van der Waals surface area contributed by atoms with Gasteiger partial charge in [-0.1, -0.05) is 13.0 Å². The van der Waals surface area contributed by atoms with Crippen molar-refractivity contribution < 1.29 is 14.2 Å². The van der Waals surface area contributed by atoms with E-state index in [0.717, 1.165) is 42.3 Å². The van der Waals surface area contributed by atoms with Gasteiger partial charge in [0, 0.05) is 13.6 Å². The Labute approximate surface area is 173 Å². The number of nitrogens with one attached hydrogen (secondary N) is 2. The molecule has 146 valence electrons. The number of guanidine groups is 1. The molecule has 0 amide bonds. The van der Waals surface area contributed by atoms with E-state index < -0.39 is 0 Å². The van der Waals surface area contributed by atoms with Crippen LogP contribution in [0.5, 0.6) is 11.5 Å². The molecule has 3 rings (SSSR count). The molecular weight excluding hydrogens is 445 g/mol.